The minimum atomic E-state index is -0.221. The summed E-state index contributed by atoms with van der Waals surface area (Å²) in [5.74, 6) is -0.145. The van der Waals surface area contributed by atoms with E-state index >= 15 is 0 Å². The summed E-state index contributed by atoms with van der Waals surface area (Å²) in [5.41, 5.74) is 2.44. The van der Waals surface area contributed by atoms with Crippen LogP contribution in [0.3, 0.4) is 0 Å². The molecule has 1 aromatic carbocycles. The lowest BCUT2D eigenvalue weighted by Crippen LogP contribution is -2.32. The zero-order valence-corrected chi connectivity index (χ0v) is 13.6. The Morgan fingerprint density at radius 1 is 1.25 bits per heavy atom. The van der Waals surface area contributed by atoms with Gasteiger partial charge in [0.1, 0.15) is 5.82 Å². The fourth-order valence-electron chi connectivity index (χ4n) is 2.26. The van der Waals surface area contributed by atoms with Crippen LogP contribution >= 0.6 is 0 Å². The number of aryl methyl sites for hydroxylation is 2. The predicted octanol–water partition coefficient (Wildman–Crippen LogP) is 4.30. The van der Waals surface area contributed by atoms with Gasteiger partial charge in [0.15, 0.2) is 0 Å². The second-order valence-electron chi connectivity index (χ2n) is 6.41. The molecule has 3 heteroatoms. The van der Waals surface area contributed by atoms with Crippen LogP contribution in [0.2, 0.25) is 0 Å². The molecule has 0 amide bonds. The smallest absolute Gasteiger partial charge is 0.128 e. The van der Waals surface area contributed by atoms with Crippen molar-refractivity contribution >= 4 is 0 Å². The van der Waals surface area contributed by atoms with Crippen molar-refractivity contribution in [3.63, 3.8) is 0 Å². The summed E-state index contributed by atoms with van der Waals surface area (Å²) in [7, 11) is 0. The SMILES string of the molecule is CCCNC(COC(C)(C)C)c1c(C)cc(C)cc1F. The molecule has 0 radical (unpaired) electrons. The van der Waals surface area contributed by atoms with E-state index in [1.165, 1.54) is 0 Å². The Morgan fingerprint density at radius 2 is 1.90 bits per heavy atom. The van der Waals surface area contributed by atoms with Crippen molar-refractivity contribution in [1.29, 1.82) is 0 Å². The van der Waals surface area contributed by atoms with Crippen molar-refractivity contribution in [3.05, 3.63) is 34.6 Å². The lowest BCUT2D eigenvalue weighted by molar-refractivity contribution is -0.0152. The van der Waals surface area contributed by atoms with E-state index in [0.29, 0.717) is 6.61 Å². The third-order valence-electron chi connectivity index (χ3n) is 3.15. The summed E-state index contributed by atoms with van der Waals surface area (Å²) >= 11 is 0. The standard InChI is InChI=1S/C17H28FNO/c1-7-8-19-15(11-20-17(4,5)6)16-13(3)9-12(2)10-14(16)18/h9-10,15,19H,7-8,11H2,1-6H3. The average molecular weight is 281 g/mol. The van der Waals surface area contributed by atoms with Crippen molar-refractivity contribution in [2.75, 3.05) is 13.2 Å². The van der Waals surface area contributed by atoms with Crippen LogP contribution in [-0.2, 0) is 4.74 Å². The van der Waals surface area contributed by atoms with Gasteiger partial charge in [-0.25, -0.2) is 4.39 Å². The molecule has 0 fully saturated rings. The molecular formula is C17H28FNO. The molecule has 0 aromatic heterocycles. The first kappa shape index (κ1) is 17.1. The lowest BCUT2D eigenvalue weighted by Gasteiger charge is -2.27. The van der Waals surface area contributed by atoms with E-state index in [1.54, 1.807) is 6.07 Å². The number of halogens is 1. The summed E-state index contributed by atoms with van der Waals surface area (Å²) in [6.07, 6.45) is 1.01. The van der Waals surface area contributed by atoms with Crippen molar-refractivity contribution in [3.8, 4) is 0 Å². The Kier molecular flexibility index (Phi) is 6.15. The maximum atomic E-state index is 14.3. The first-order chi connectivity index (χ1) is 9.24. The molecule has 1 rings (SSSR count). The van der Waals surface area contributed by atoms with E-state index in [-0.39, 0.29) is 17.5 Å². The van der Waals surface area contributed by atoms with Crippen molar-refractivity contribution < 1.29 is 9.13 Å². The molecule has 0 aliphatic carbocycles. The van der Waals surface area contributed by atoms with E-state index in [1.807, 2.05) is 40.7 Å². The quantitative estimate of drug-likeness (QED) is 0.839. The van der Waals surface area contributed by atoms with Gasteiger partial charge in [-0.3, -0.25) is 0 Å². The van der Waals surface area contributed by atoms with E-state index in [9.17, 15) is 4.39 Å². The molecule has 1 unspecified atom stereocenters. The van der Waals surface area contributed by atoms with Gasteiger partial charge in [0.05, 0.1) is 18.2 Å². The second kappa shape index (κ2) is 7.19. The number of nitrogens with one attached hydrogen (secondary N) is 1. The van der Waals surface area contributed by atoms with Gasteiger partial charge in [-0.15, -0.1) is 0 Å². The molecule has 1 N–H and O–H groups in total. The molecule has 0 aliphatic rings. The number of hydrogen-bond acceptors (Lipinski definition) is 2. The topological polar surface area (TPSA) is 21.3 Å². The van der Waals surface area contributed by atoms with Crippen LogP contribution in [0.15, 0.2) is 12.1 Å². The molecule has 114 valence electrons. The summed E-state index contributed by atoms with van der Waals surface area (Å²) < 4.78 is 20.2. The fourth-order valence-corrected chi connectivity index (χ4v) is 2.26. The Bertz CT molecular complexity index is 414. The van der Waals surface area contributed by atoms with E-state index in [2.05, 4.69) is 12.2 Å². The summed E-state index contributed by atoms with van der Waals surface area (Å²) in [4.78, 5) is 0. The Morgan fingerprint density at radius 3 is 2.40 bits per heavy atom. The highest BCUT2D eigenvalue weighted by atomic mass is 19.1. The van der Waals surface area contributed by atoms with Gasteiger partial charge in [-0.05, 0) is 64.8 Å². The second-order valence-corrected chi connectivity index (χ2v) is 6.41. The van der Waals surface area contributed by atoms with Gasteiger partial charge in [-0.1, -0.05) is 13.0 Å². The monoisotopic (exact) mass is 281 g/mol. The first-order valence-corrected chi connectivity index (χ1v) is 7.38. The van der Waals surface area contributed by atoms with E-state index in [0.717, 1.165) is 29.7 Å². The zero-order valence-electron chi connectivity index (χ0n) is 13.6. The van der Waals surface area contributed by atoms with E-state index < -0.39 is 0 Å². The summed E-state index contributed by atoms with van der Waals surface area (Å²) in [6.45, 7) is 13.4. The number of ether oxygens (including phenoxy) is 1. The van der Waals surface area contributed by atoms with Crippen LogP contribution in [-0.4, -0.2) is 18.8 Å². The van der Waals surface area contributed by atoms with Gasteiger partial charge in [0.25, 0.3) is 0 Å². The Balaban J connectivity index is 2.98. The number of hydrogen-bond donors (Lipinski definition) is 1. The molecule has 20 heavy (non-hydrogen) atoms. The maximum Gasteiger partial charge on any atom is 0.128 e. The minimum absolute atomic E-state index is 0.102. The average Bonchev–Trinajstić information content (AvgIpc) is 2.29. The van der Waals surface area contributed by atoms with Crippen LogP contribution in [0.4, 0.5) is 4.39 Å². The highest BCUT2D eigenvalue weighted by Gasteiger charge is 2.21. The molecule has 1 atom stereocenters. The number of benzene rings is 1. The fraction of sp³-hybridized carbons (Fsp3) is 0.647. The van der Waals surface area contributed by atoms with Crippen LogP contribution in [0.25, 0.3) is 0 Å². The first-order valence-electron chi connectivity index (χ1n) is 7.38. The Hall–Kier alpha value is -0.930. The normalized spacial score (nSPS) is 13.6. The zero-order chi connectivity index (χ0) is 15.3. The molecule has 0 spiro atoms. The van der Waals surface area contributed by atoms with Gasteiger partial charge < -0.3 is 10.1 Å². The highest BCUT2D eigenvalue weighted by Crippen LogP contribution is 2.24. The third kappa shape index (κ3) is 5.22. The molecular weight excluding hydrogens is 253 g/mol. The summed E-state index contributed by atoms with van der Waals surface area (Å²) in [5, 5.41) is 3.39. The predicted molar refractivity (Wildman–Crippen MR) is 82.6 cm³/mol. The largest absolute Gasteiger partial charge is 0.374 e. The molecule has 0 bridgehead atoms. The Labute approximate surface area is 122 Å². The lowest BCUT2D eigenvalue weighted by atomic mass is 9.98. The van der Waals surface area contributed by atoms with Gasteiger partial charge in [-0.2, -0.15) is 0 Å². The van der Waals surface area contributed by atoms with Crippen LogP contribution < -0.4 is 5.32 Å². The van der Waals surface area contributed by atoms with Gasteiger partial charge in [0, 0.05) is 5.56 Å². The molecule has 0 saturated carbocycles. The third-order valence-corrected chi connectivity index (χ3v) is 3.15. The van der Waals surface area contributed by atoms with Crippen LogP contribution in [0.1, 0.15) is 56.8 Å². The number of rotatable bonds is 6. The van der Waals surface area contributed by atoms with Crippen molar-refractivity contribution in [1.82, 2.24) is 5.32 Å². The maximum absolute atomic E-state index is 14.3. The van der Waals surface area contributed by atoms with Crippen LogP contribution in [0.5, 0.6) is 0 Å². The van der Waals surface area contributed by atoms with Crippen molar-refractivity contribution in [2.24, 2.45) is 0 Å². The highest BCUT2D eigenvalue weighted by molar-refractivity contribution is 5.34. The van der Waals surface area contributed by atoms with Crippen molar-refractivity contribution in [2.45, 2.75) is 59.6 Å². The molecule has 2 nitrogen and oxygen atoms in total. The van der Waals surface area contributed by atoms with E-state index in [4.69, 9.17) is 4.74 Å². The summed E-state index contributed by atoms with van der Waals surface area (Å²) in [6, 6.07) is 3.52. The van der Waals surface area contributed by atoms with Crippen LogP contribution in [0, 0.1) is 19.7 Å². The molecule has 0 aliphatic heterocycles. The van der Waals surface area contributed by atoms with Gasteiger partial charge in [0.2, 0.25) is 0 Å². The van der Waals surface area contributed by atoms with Gasteiger partial charge >= 0.3 is 0 Å². The molecule has 1 aromatic rings. The molecule has 0 heterocycles. The minimum Gasteiger partial charge on any atom is -0.374 e. The molecule has 0 saturated heterocycles.